The predicted molar refractivity (Wildman–Crippen MR) is 73.2 cm³/mol. The van der Waals surface area contributed by atoms with Crippen molar-refractivity contribution in [2.75, 3.05) is 20.6 Å². The van der Waals surface area contributed by atoms with Gasteiger partial charge in [0.05, 0.1) is 0 Å². The van der Waals surface area contributed by atoms with E-state index in [4.69, 9.17) is 0 Å². The van der Waals surface area contributed by atoms with Crippen LogP contribution in [-0.4, -0.2) is 30.1 Å². The molecule has 2 rings (SSSR count). The van der Waals surface area contributed by atoms with E-state index in [1.165, 1.54) is 14.5 Å². The Morgan fingerprint density at radius 1 is 1.27 bits per heavy atom. The van der Waals surface area contributed by atoms with Crippen LogP contribution in [0.3, 0.4) is 0 Å². The number of halogens is 1. The van der Waals surface area contributed by atoms with Gasteiger partial charge in [0.2, 0.25) is 0 Å². The summed E-state index contributed by atoms with van der Waals surface area (Å²) < 4.78 is 3.67. The lowest BCUT2D eigenvalue weighted by molar-refractivity contribution is 0.387. The summed E-state index contributed by atoms with van der Waals surface area (Å²) in [4.78, 5) is 2.21. The van der Waals surface area contributed by atoms with Gasteiger partial charge in [0.25, 0.3) is 0 Å². The molecule has 0 spiro atoms. The molecule has 0 aliphatic carbocycles. The average Bonchev–Trinajstić information content (AvgIpc) is 2.54. The molecule has 0 fully saturated rings. The van der Waals surface area contributed by atoms with Crippen molar-refractivity contribution in [3.63, 3.8) is 0 Å². The van der Waals surface area contributed by atoms with Crippen LogP contribution in [0.15, 0.2) is 30.5 Å². The normalized spacial score (nSPS) is 11.5. The number of hydrogen-bond donors (Lipinski definition) is 0. The Hall–Kier alpha value is -0.550. The number of rotatable bonds is 3. The van der Waals surface area contributed by atoms with E-state index in [2.05, 4.69) is 76.6 Å². The third-order valence-corrected chi connectivity index (χ3v) is 3.39. The molecule has 80 valence electrons. The SMILES string of the molecule is CN(C)CCn1cc(I)c2ccccc21. The number of fused-ring (bicyclic) bond motifs is 1. The lowest BCUT2D eigenvalue weighted by Crippen LogP contribution is -2.17. The Balaban J connectivity index is 2.35. The van der Waals surface area contributed by atoms with Crippen LogP contribution in [0.2, 0.25) is 0 Å². The molecule has 0 N–H and O–H groups in total. The highest BCUT2D eigenvalue weighted by Crippen LogP contribution is 2.22. The van der Waals surface area contributed by atoms with Crippen molar-refractivity contribution in [2.24, 2.45) is 0 Å². The fourth-order valence-electron chi connectivity index (χ4n) is 1.69. The molecule has 2 aromatic rings. The van der Waals surface area contributed by atoms with E-state index >= 15 is 0 Å². The van der Waals surface area contributed by atoms with Gasteiger partial charge in [0, 0.05) is 33.8 Å². The minimum Gasteiger partial charge on any atom is -0.345 e. The van der Waals surface area contributed by atoms with E-state index in [1.807, 2.05) is 0 Å². The number of hydrogen-bond acceptors (Lipinski definition) is 1. The topological polar surface area (TPSA) is 8.17 Å². The maximum Gasteiger partial charge on any atom is 0.0491 e. The maximum atomic E-state index is 2.40. The van der Waals surface area contributed by atoms with Crippen molar-refractivity contribution < 1.29 is 0 Å². The molecule has 0 saturated heterocycles. The summed E-state index contributed by atoms with van der Waals surface area (Å²) in [5.41, 5.74) is 1.34. The van der Waals surface area contributed by atoms with E-state index < -0.39 is 0 Å². The first kappa shape index (κ1) is 11.0. The van der Waals surface area contributed by atoms with Gasteiger partial charge < -0.3 is 9.47 Å². The minimum absolute atomic E-state index is 1.05. The minimum atomic E-state index is 1.05. The zero-order chi connectivity index (χ0) is 10.8. The fraction of sp³-hybridized carbons (Fsp3) is 0.333. The number of para-hydroxylation sites is 1. The number of aromatic nitrogens is 1. The van der Waals surface area contributed by atoms with Crippen molar-refractivity contribution >= 4 is 33.5 Å². The molecule has 0 atom stereocenters. The Morgan fingerprint density at radius 2 is 2.00 bits per heavy atom. The molecule has 0 saturated carbocycles. The number of benzene rings is 1. The highest BCUT2D eigenvalue weighted by atomic mass is 127. The van der Waals surface area contributed by atoms with Crippen molar-refractivity contribution in [1.29, 1.82) is 0 Å². The van der Waals surface area contributed by atoms with Gasteiger partial charge in [0.1, 0.15) is 0 Å². The molecular formula is C12H15IN2. The van der Waals surface area contributed by atoms with Crippen molar-refractivity contribution in [3.8, 4) is 0 Å². The highest BCUT2D eigenvalue weighted by Gasteiger charge is 2.04. The Kier molecular flexibility index (Phi) is 3.31. The standard InChI is InChI=1S/C12H15IN2/c1-14(2)7-8-15-9-11(13)10-5-3-4-6-12(10)15/h3-6,9H,7-8H2,1-2H3. The second-order valence-corrected chi connectivity index (χ2v) is 5.15. The summed E-state index contributed by atoms with van der Waals surface area (Å²) in [5.74, 6) is 0. The lowest BCUT2D eigenvalue weighted by atomic mass is 10.2. The van der Waals surface area contributed by atoms with Crippen LogP contribution < -0.4 is 0 Å². The monoisotopic (exact) mass is 314 g/mol. The van der Waals surface area contributed by atoms with Crippen LogP contribution in [0.25, 0.3) is 10.9 Å². The highest BCUT2D eigenvalue weighted by molar-refractivity contribution is 14.1. The molecule has 3 heteroatoms. The van der Waals surface area contributed by atoms with Gasteiger partial charge in [-0.2, -0.15) is 0 Å². The molecular weight excluding hydrogens is 299 g/mol. The largest absolute Gasteiger partial charge is 0.345 e. The van der Waals surface area contributed by atoms with Gasteiger partial charge in [-0.25, -0.2) is 0 Å². The van der Waals surface area contributed by atoms with Crippen molar-refractivity contribution in [2.45, 2.75) is 6.54 Å². The van der Waals surface area contributed by atoms with Gasteiger partial charge in [0.15, 0.2) is 0 Å². The van der Waals surface area contributed by atoms with Crippen LogP contribution in [-0.2, 0) is 6.54 Å². The van der Waals surface area contributed by atoms with Gasteiger partial charge in [-0.1, -0.05) is 18.2 Å². The van der Waals surface area contributed by atoms with Crippen LogP contribution in [0.1, 0.15) is 0 Å². The summed E-state index contributed by atoms with van der Waals surface area (Å²) in [6.45, 7) is 2.13. The Bertz CT molecular complexity index is 460. The van der Waals surface area contributed by atoms with E-state index in [1.54, 1.807) is 0 Å². The summed E-state index contributed by atoms with van der Waals surface area (Å²) >= 11 is 2.40. The van der Waals surface area contributed by atoms with E-state index in [0.717, 1.165) is 13.1 Å². The average molecular weight is 314 g/mol. The molecule has 0 amide bonds. The smallest absolute Gasteiger partial charge is 0.0491 e. The van der Waals surface area contributed by atoms with Gasteiger partial charge >= 0.3 is 0 Å². The molecule has 0 bridgehead atoms. The third-order valence-electron chi connectivity index (χ3n) is 2.53. The molecule has 0 aliphatic rings. The fourth-order valence-corrected chi connectivity index (χ4v) is 2.49. The molecule has 2 nitrogen and oxygen atoms in total. The zero-order valence-electron chi connectivity index (χ0n) is 9.07. The number of likely N-dealkylation sites (N-methyl/N-ethyl adjacent to an activating group) is 1. The van der Waals surface area contributed by atoms with E-state index in [9.17, 15) is 0 Å². The zero-order valence-corrected chi connectivity index (χ0v) is 11.2. The Morgan fingerprint density at radius 3 is 2.73 bits per heavy atom. The quantitative estimate of drug-likeness (QED) is 0.791. The lowest BCUT2D eigenvalue weighted by Gasteiger charge is -2.10. The predicted octanol–water partition coefficient (Wildman–Crippen LogP) is 2.81. The van der Waals surface area contributed by atoms with Crippen LogP contribution in [0, 0.1) is 3.57 Å². The summed E-state index contributed by atoms with van der Waals surface area (Å²) in [5, 5.41) is 1.36. The molecule has 1 heterocycles. The Labute approximate surface area is 104 Å². The van der Waals surface area contributed by atoms with Crippen LogP contribution in [0.5, 0.6) is 0 Å². The first-order chi connectivity index (χ1) is 7.18. The second-order valence-electron chi connectivity index (χ2n) is 3.99. The molecule has 0 radical (unpaired) electrons. The summed E-state index contributed by atoms with van der Waals surface area (Å²) in [7, 11) is 4.22. The molecule has 0 aliphatic heterocycles. The van der Waals surface area contributed by atoms with Gasteiger partial charge in [-0.3, -0.25) is 0 Å². The van der Waals surface area contributed by atoms with E-state index in [-0.39, 0.29) is 0 Å². The van der Waals surface area contributed by atoms with Gasteiger partial charge in [-0.05, 0) is 42.8 Å². The molecule has 0 unspecified atom stereocenters. The van der Waals surface area contributed by atoms with E-state index in [0.29, 0.717) is 0 Å². The van der Waals surface area contributed by atoms with Crippen molar-refractivity contribution in [1.82, 2.24) is 9.47 Å². The second kappa shape index (κ2) is 4.53. The van der Waals surface area contributed by atoms with Gasteiger partial charge in [-0.15, -0.1) is 0 Å². The summed E-state index contributed by atoms with van der Waals surface area (Å²) in [6, 6.07) is 8.57. The molecule has 15 heavy (non-hydrogen) atoms. The number of nitrogens with zero attached hydrogens (tertiary/aromatic N) is 2. The molecule has 1 aromatic heterocycles. The van der Waals surface area contributed by atoms with Crippen LogP contribution in [0.4, 0.5) is 0 Å². The molecule has 1 aromatic carbocycles. The third kappa shape index (κ3) is 2.34. The first-order valence-corrected chi connectivity index (χ1v) is 6.14. The first-order valence-electron chi connectivity index (χ1n) is 5.06. The summed E-state index contributed by atoms with van der Waals surface area (Å²) in [6.07, 6.45) is 2.23. The van der Waals surface area contributed by atoms with Crippen LogP contribution >= 0.6 is 22.6 Å². The van der Waals surface area contributed by atoms with Crippen molar-refractivity contribution in [3.05, 3.63) is 34.0 Å². The maximum absolute atomic E-state index is 2.40.